The first-order chi connectivity index (χ1) is 11.8. The maximum absolute atomic E-state index is 12.4. The lowest BCUT2D eigenvalue weighted by atomic mass is 9.60. The van der Waals surface area contributed by atoms with E-state index in [2.05, 4.69) is 23.2 Å². The van der Waals surface area contributed by atoms with Crippen LogP contribution >= 0.6 is 0 Å². The van der Waals surface area contributed by atoms with Gasteiger partial charge < -0.3 is 15.8 Å². The van der Waals surface area contributed by atoms with Gasteiger partial charge in [0, 0.05) is 6.42 Å². The molecule has 0 aromatic rings. The molecule has 2 saturated heterocycles. The number of hydrazone groups is 1. The summed E-state index contributed by atoms with van der Waals surface area (Å²) in [6, 6.07) is -0.323. The molecule has 1 saturated carbocycles. The summed E-state index contributed by atoms with van der Waals surface area (Å²) >= 11 is 0. The van der Waals surface area contributed by atoms with Gasteiger partial charge in [-0.05, 0) is 50.3 Å². The van der Waals surface area contributed by atoms with Gasteiger partial charge in [-0.1, -0.05) is 18.2 Å². The van der Waals surface area contributed by atoms with Gasteiger partial charge in [0.25, 0.3) is 0 Å². The molecular formula is C16H28B2N5O2. The zero-order chi connectivity index (χ0) is 18.2. The second-order valence-electron chi connectivity index (χ2n) is 8.08. The summed E-state index contributed by atoms with van der Waals surface area (Å²) in [5.74, 6) is 6.47. The van der Waals surface area contributed by atoms with Gasteiger partial charge in [0.05, 0.1) is 14.0 Å². The Morgan fingerprint density at radius 1 is 1.52 bits per heavy atom. The summed E-state index contributed by atoms with van der Waals surface area (Å²) in [5, 5.41) is 6.66. The molecule has 2 heterocycles. The summed E-state index contributed by atoms with van der Waals surface area (Å²) in [5.41, 5.74) is 8.04. The summed E-state index contributed by atoms with van der Waals surface area (Å²) in [6.07, 6.45) is 5.62. The van der Waals surface area contributed by atoms with E-state index in [9.17, 15) is 4.79 Å². The molecule has 1 spiro atoms. The Morgan fingerprint density at radius 3 is 2.96 bits per heavy atom. The molecule has 0 aromatic carbocycles. The van der Waals surface area contributed by atoms with E-state index in [0.717, 1.165) is 38.5 Å². The average molecular weight is 344 g/mol. The summed E-state index contributed by atoms with van der Waals surface area (Å²) < 4.78 is 5.39. The molecule has 2 aliphatic heterocycles. The van der Waals surface area contributed by atoms with Crippen molar-refractivity contribution < 1.29 is 9.53 Å². The van der Waals surface area contributed by atoms with Crippen LogP contribution in [-0.4, -0.2) is 44.4 Å². The van der Waals surface area contributed by atoms with Crippen LogP contribution in [0.3, 0.4) is 0 Å². The SMILES string of the molecule is [B]C12[B]C13CCC(CC/C(N)=N/NN)CC3CC(C(=O)OC(C)C)N2. The Balaban J connectivity index is 1.61. The van der Waals surface area contributed by atoms with Gasteiger partial charge in [-0.2, -0.15) is 5.10 Å². The van der Waals surface area contributed by atoms with E-state index >= 15 is 0 Å². The Morgan fingerprint density at radius 2 is 2.28 bits per heavy atom. The lowest BCUT2D eigenvalue weighted by Crippen LogP contribution is -2.55. The van der Waals surface area contributed by atoms with Crippen LogP contribution in [0.25, 0.3) is 0 Å². The van der Waals surface area contributed by atoms with E-state index in [1.165, 1.54) is 0 Å². The number of carbonyl (C=O) groups excluding carboxylic acids is 1. The highest BCUT2D eigenvalue weighted by atomic mass is 16.5. The highest BCUT2D eigenvalue weighted by molar-refractivity contribution is 6.72. The second kappa shape index (κ2) is 6.83. The van der Waals surface area contributed by atoms with E-state index in [-0.39, 0.29) is 23.4 Å². The Bertz CT molecular complexity index is 561. The molecule has 1 aliphatic carbocycles. The molecule has 0 bridgehead atoms. The number of nitrogens with zero attached hydrogens (tertiary/aromatic N) is 1. The van der Waals surface area contributed by atoms with Crippen molar-refractivity contribution in [2.75, 3.05) is 0 Å². The minimum absolute atomic E-state index is 0.0383. The van der Waals surface area contributed by atoms with Crippen LogP contribution in [0, 0.1) is 11.8 Å². The third kappa shape index (κ3) is 3.53. The van der Waals surface area contributed by atoms with E-state index in [0.29, 0.717) is 17.7 Å². The second-order valence-corrected chi connectivity index (χ2v) is 8.08. The molecule has 0 amide bonds. The molecule has 25 heavy (non-hydrogen) atoms. The number of hydrogen-bond donors (Lipinski definition) is 4. The fourth-order valence-corrected chi connectivity index (χ4v) is 4.82. The van der Waals surface area contributed by atoms with Crippen molar-refractivity contribution in [3.8, 4) is 0 Å². The van der Waals surface area contributed by atoms with E-state index < -0.39 is 5.34 Å². The zero-order valence-corrected chi connectivity index (χ0v) is 15.1. The number of piperidine rings is 1. The quantitative estimate of drug-likeness (QED) is 0.134. The Hall–Kier alpha value is -1.21. The molecule has 5 atom stereocenters. The third-order valence-electron chi connectivity index (χ3n) is 6.07. The first kappa shape index (κ1) is 18.6. The smallest absolute Gasteiger partial charge is 0.323 e. The molecule has 0 aromatic heterocycles. The summed E-state index contributed by atoms with van der Waals surface area (Å²) in [4.78, 5) is 12.4. The minimum atomic E-state index is -0.522. The van der Waals surface area contributed by atoms with Crippen molar-refractivity contribution in [1.82, 2.24) is 10.9 Å². The number of nitrogens with one attached hydrogen (secondary N) is 2. The average Bonchev–Trinajstić information content (AvgIpc) is 3.15. The molecule has 5 unspecified atom stereocenters. The van der Waals surface area contributed by atoms with Crippen LogP contribution in [0.5, 0.6) is 0 Å². The lowest BCUT2D eigenvalue weighted by Gasteiger charge is -2.47. The predicted octanol–water partition coefficient (Wildman–Crippen LogP) is -0.0693. The maximum atomic E-state index is 12.4. The zero-order valence-electron chi connectivity index (χ0n) is 15.1. The monoisotopic (exact) mass is 344 g/mol. The molecule has 7 nitrogen and oxygen atoms in total. The number of hydrazine groups is 1. The fraction of sp³-hybridized carbons (Fsp3) is 0.875. The van der Waals surface area contributed by atoms with Crippen LogP contribution in [0.15, 0.2) is 5.10 Å². The van der Waals surface area contributed by atoms with E-state index in [1.807, 2.05) is 13.8 Å². The third-order valence-corrected chi connectivity index (χ3v) is 6.07. The molecule has 135 valence electrons. The van der Waals surface area contributed by atoms with Crippen LogP contribution in [0.2, 0.25) is 5.31 Å². The topological polar surface area (TPSA) is 115 Å². The summed E-state index contributed by atoms with van der Waals surface area (Å²) in [6.45, 7) is 3.73. The number of esters is 1. The van der Waals surface area contributed by atoms with Crippen molar-refractivity contribution in [3.63, 3.8) is 0 Å². The van der Waals surface area contributed by atoms with Gasteiger partial charge in [0.2, 0.25) is 0 Å². The largest absolute Gasteiger partial charge is 0.462 e. The number of rotatable bonds is 6. The number of carbonyl (C=O) groups is 1. The van der Waals surface area contributed by atoms with E-state index in [1.54, 1.807) is 0 Å². The van der Waals surface area contributed by atoms with Crippen molar-refractivity contribution in [3.05, 3.63) is 0 Å². The first-order valence-electron chi connectivity index (χ1n) is 9.21. The normalized spacial score (nSPS) is 39.8. The van der Waals surface area contributed by atoms with Crippen molar-refractivity contribution >= 4 is 26.9 Å². The van der Waals surface area contributed by atoms with Crippen LogP contribution in [0.1, 0.15) is 52.4 Å². The number of hydrogen-bond acceptors (Lipinski definition) is 6. The van der Waals surface area contributed by atoms with Gasteiger partial charge in [0.15, 0.2) is 0 Å². The van der Waals surface area contributed by atoms with E-state index in [4.69, 9.17) is 24.2 Å². The number of ether oxygens (including phenoxy) is 1. The fourth-order valence-electron chi connectivity index (χ4n) is 4.82. The lowest BCUT2D eigenvalue weighted by molar-refractivity contribution is -0.151. The molecular weight excluding hydrogens is 316 g/mol. The minimum Gasteiger partial charge on any atom is -0.462 e. The molecule has 3 fully saturated rings. The Kier molecular flexibility index (Phi) is 5.08. The highest BCUT2D eigenvalue weighted by Crippen LogP contribution is 2.69. The molecule has 3 rings (SSSR count). The molecule has 9 heteroatoms. The summed E-state index contributed by atoms with van der Waals surface area (Å²) in [7, 11) is 8.73. The number of amidine groups is 1. The molecule has 6 N–H and O–H groups in total. The standard InChI is InChI=1S/C16H28B2N5O2/c1-9(2)25-14(24)12-8-11-7-10(3-4-13(19)22-23-20)5-6-15(11)16(17,18-15)21-12/h9-12,21,23H,3-8,20H2,1-2H3,(H2,19,22). The predicted molar refractivity (Wildman–Crippen MR) is 98.7 cm³/mol. The van der Waals surface area contributed by atoms with Gasteiger partial charge in [-0.15, -0.1) is 0 Å². The molecule has 3 radical (unpaired) electrons. The van der Waals surface area contributed by atoms with Crippen molar-refractivity contribution in [2.45, 2.75) is 75.2 Å². The number of nitrogens with two attached hydrogens (primary N) is 2. The van der Waals surface area contributed by atoms with Gasteiger partial charge >= 0.3 is 5.97 Å². The highest BCUT2D eigenvalue weighted by Gasteiger charge is 2.71. The van der Waals surface area contributed by atoms with Gasteiger partial charge in [0.1, 0.15) is 19.2 Å². The maximum Gasteiger partial charge on any atom is 0.323 e. The van der Waals surface area contributed by atoms with Crippen LogP contribution < -0.4 is 22.4 Å². The van der Waals surface area contributed by atoms with Gasteiger partial charge in [-0.3, -0.25) is 4.79 Å². The first-order valence-corrected chi connectivity index (χ1v) is 9.21. The Labute approximate surface area is 151 Å². The van der Waals surface area contributed by atoms with Crippen molar-refractivity contribution in [2.24, 2.45) is 28.5 Å². The van der Waals surface area contributed by atoms with Crippen LogP contribution in [-0.2, 0) is 9.53 Å². The van der Waals surface area contributed by atoms with Crippen molar-refractivity contribution in [1.29, 1.82) is 0 Å². The van der Waals surface area contributed by atoms with Gasteiger partial charge in [-0.25, -0.2) is 11.4 Å². The molecule has 3 aliphatic rings. The van der Waals surface area contributed by atoms with Crippen LogP contribution in [0.4, 0.5) is 0 Å².